The Balaban J connectivity index is 1.48. The molecule has 0 aliphatic heterocycles. The quantitative estimate of drug-likeness (QED) is 0.286. The van der Waals surface area contributed by atoms with Crippen LogP contribution in [0.15, 0.2) is 72.8 Å². The Hall–Kier alpha value is -2.12. The molecule has 160 valence electrons. The van der Waals surface area contributed by atoms with Crippen molar-refractivity contribution in [2.45, 2.75) is 71.3 Å². The number of hydrogen-bond acceptors (Lipinski definition) is 1. The van der Waals surface area contributed by atoms with Crippen LogP contribution in [0.1, 0.15) is 75.8 Å². The Morgan fingerprint density at radius 2 is 1.37 bits per heavy atom. The molecule has 0 atom stereocenters. The van der Waals surface area contributed by atoms with E-state index in [4.69, 9.17) is 4.74 Å². The standard InChI is InChI=1S/C29H38O/c1-3-5-7-9-24-10-14-26(15-11-24)28-18-20-29(21-19-28)27-16-12-25(13-17-27)23-30-22-8-6-4-2/h3-6,12-13,16-21,24,26H,7-11,14-15,22-23H2,1-2H3/t24-,26-. The largest absolute Gasteiger partial charge is 0.376 e. The second kappa shape index (κ2) is 12.5. The minimum absolute atomic E-state index is 0.689. The zero-order valence-electron chi connectivity index (χ0n) is 18.9. The number of allylic oxidation sites excluding steroid dienone is 3. The van der Waals surface area contributed by atoms with Gasteiger partial charge in [-0.1, -0.05) is 72.8 Å². The molecule has 0 bridgehead atoms. The maximum atomic E-state index is 5.73. The maximum Gasteiger partial charge on any atom is 0.0717 e. The molecule has 0 aromatic heterocycles. The Labute approximate surface area is 183 Å². The number of rotatable bonds is 10. The summed E-state index contributed by atoms with van der Waals surface area (Å²) in [6.07, 6.45) is 17.8. The predicted octanol–water partition coefficient (Wildman–Crippen LogP) is 8.47. The summed E-state index contributed by atoms with van der Waals surface area (Å²) in [7, 11) is 0. The number of hydrogen-bond donors (Lipinski definition) is 0. The van der Waals surface area contributed by atoms with E-state index in [2.05, 4.69) is 79.8 Å². The van der Waals surface area contributed by atoms with Gasteiger partial charge in [-0.15, -0.1) is 0 Å². The van der Waals surface area contributed by atoms with Gasteiger partial charge in [-0.05, 0) is 92.9 Å². The van der Waals surface area contributed by atoms with Crippen LogP contribution in [0.25, 0.3) is 11.1 Å². The highest BCUT2D eigenvalue weighted by Gasteiger charge is 2.21. The van der Waals surface area contributed by atoms with Crippen LogP contribution in [-0.4, -0.2) is 6.61 Å². The predicted molar refractivity (Wildman–Crippen MR) is 130 cm³/mol. The fourth-order valence-corrected chi connectivity index (χ4v) is 4.53. The van der Waals surface area contributed by atoms with Crippen LogP contribution in [-0.2, 0) is 11.3 Å². The molecule has 1 saturated carbocycles. The van der Waals surface area contributed by atoms with Crippen molar-refractivity contribution < 1.29 is 4.74 Å². The van der Waals surface area contributed by atoms with Crippen molar-refractivity contribution in [1.82, 2.24) is 0 Å². The van der Waals surface area contributed by atoms with Crippen LogP contribution in [0.5, 0.6) is 0 Å². The van der Waals surface area contributed by atoms with E-state index in [-0.39, 0.29) is 0 Å². The Morgan fingerprint density at radius 3 is 2.00 bits per heavy atom. The van der Waals surface area contributed by atoms with Crippen LogP contribution in [0.4, 0.5) is 0 Å². The van der Waals surface area contributed by atoms with Crippen LogP contribution < -0.4 is 0 Å². The molecule has 1 nitrogen and oxygen atoms in total. The summed E-state index contributed by atoms with van der Waals surface area (Å²) in [6, 6.07) is 18.1. The molecular weight excluding hydrogens is 364 g/mol. The minimum atomic E-state index is 0.689. The molecule has 0 heterocycles. The smallest absolute Gasteiger partial charge is 0.0717 e. The SMILES string of the molecule is CC=CCCOCc1ccc(-c2ccc([C@H]3CC[C@H](CCC=CC)CC3)cc2)cc1. The average Bonchev–Trinajstić information content (AvgIpc) is 2.80. The first-order valence-corrected chi connectivity index (χ1v) is 11.8. The molecule has 0 saturated heterocycles. The van der Waals surface area contributed by atoms with Crippen molar-refractivity contribution in [2.24, 2.45) is 5.92 Å². The molecular formula is C29H38O. The average molecular weight is 403 g/mol. The van der Waals surface area contributed by atoms with Gasteiger partial charge in [0.2, 0.25) is 0 Å². The summed E-state index contributed by atoms with van der Waals surface area (Å²) >= 11 is 0. The van der Waals surface area contributed by atoms with E-state index in [9.17, 15) is 0 Å². The van der Waals surface area contributed by atoms with Crippen molar-refractivity contribution >= 4 is 0 Å². The zero-order chi connectivity index (χ0) is 21.0. The van der Waals surface area contributed by atoms with Gasteiger partial charge in [-0.25, -0.2) is 0 Å². The third-order valence-electron chi connectivity index (χ3n) is 6.43. The third-order valence-corrected chi connectivity index (χ3v) is 6.43. The molecule has 1 heteroatoms. The molecule has 0 amide bonds. The van der Waals surface area contributed by atoms with Gasteiger partial charge in [0.05, 0.1) is 13.2 Å². The highest BCUT2D eigenvalue weighted by Crippen LogP contribution is 2.38. The van der Waals surface area contributed by atoms with Crippen molar-refractivity contribution in [1.29, 1.82) is 0 Å². The summed E-state index contributed by atoms with van der Waals surface area (Å²) in [4.78, 5) is 0. The normalized spacial score (nSPS) is 19.7. The molecule has 0 N–H and O–H groups in total. The molecule has 3 rings (SSSR count). The van der Waals surface area contributed by atoms with Gasteiger partial charge in [0.1, 0.15) is 0 Å². The highest BCUT2D eigenvalue weighted by molar-refractivity contribution is 5.64. The molecule has 1 aliphatic carbocycles. The summed E-state index contributed by atoms with van der Waals surface area (Å²) in [5, 5.41) is 0. The van der Waals surface area contributed by atoms with E-state index in [0.29, 0.717) is 6.61 Å². The lowest BCUT2D eigenvalue weighted by atomic mass is 9.77. The summed E-state index contributed by atoms with van der Waals surface area (Å²) < 4.78 is 5.73. The van der Waals surface area contributed by atoms with Gasteiger partial charge < -0.3 is 4.74 Å². The molecule has 1 fully saturated rings. The Morgan fingerprint density at radius 1 is 0.767 bits per heavy atom. The first kappa shape index (κ1) is 22.6. The van der Waals surface area contributed by atoms with Crippen molar-refractivity contribution in [2.75, 3.05) is 6.61 Å². The van der Waals surface area contributed by atoms with E-state index in [1.165, 1.54) is 60.8 Å². The van der Waals surface area contributed by atoms with Crippen LogP contribution in [0.2, 0.25) is 0 Å². The zero-order valence-corrected chi connectivity index (χ0v) is 18.9. The van der Waals surface area contributed by atoms with Crippen LogP contribution in [0.3, 0.4) is 0 Å². The first-order chi connectivity index (χ1) is 14.8. The van der Waals surface area contributed by atoms with E-state index in [1.807, 2.05) is 6.92 Å². The van der Waals surface area contributed by atoms with E-state index in [0.717, 1.165) is 24.9 Å². The summed E-state index contributed by atoms with van der Waals surface area (Å²) in [6.45, 7) is 5.64. The minimum Gasteiger partial charge on any atom is -0.376 e. The fraction of sp³-hybridized carbons (Fsp3) is 0.448. The Bertz CT molecular complexity index is 774. The Kier molecular flexibility index (Phi) is 9.44. The second-order valence-corrected chi connectivity index (χ2v) is 8.59. The highest BCUT2D eigenvalue weighted by atomic mass is 16.5. The van der Waals surface area contributed by atoms with Crippen molar-refractivity contribution in [3.05, 3.63) is 84.0 Å². The third kappa shape index (κ3) is 6.99. The molecule has 0 unspecified atom stereocenters. The number of ether oxygens (including phenoxy) is 1. The molecule has 2 aromatic carbocycles. The van der Waals surface area contributed by atoms with Gasteiger partial charge in [0, 0.05) is 0 Å². The molecule has 2 aromatic rings. The van der Waals surface area contributed by atoms with Crippen molar-refractivity contribution in [3.8, 4) is 11.1 Å². The fourth-order valence-electron chi connectivity index (χ4n) is 4.53. The van der Waals surface area contributed by atoms with Crippen LogP contribution >= 0.6 is 0 Å². The van der Waals surface area contributed by atoms with Crippen molar-refractivity contribution in [3.63, 3.8) is 0 Å². The van der Waals surface area contributed by atoms with Gasteiger partial charge in [0.15, 0.2) is 0 Å². The van der Waals surface area contributed by atoms with Crippen LogP contribution in [0, 0.1) is 5.92 Å². The van der Waals surface area contributed by atoms with Gasteiger partial charge in [-0.3, -0.25) is 0 Å². The lowest BCUT2D eigenvalue weighted by molar-refractivity contribution is 0.125. The second-order valence-electron chi connectivity index (χ2n) is 8.59. The van der Waals surface area contributed by atoms with E-state index < -0.39 is 0 Å². The summed E-state index contributed by atoms with van der Waals surface area (Å²) in [5.74, 6) is 1.68. The van der Waals surface area contributed by atoms with E-state index in [1.54, 1.807) is 0 Å². The lowest BCUT2D eigenvalue weighted by Crippen LogP contribution is -2.13. The molecule has 30 heavy (non-hydrogen) atoms. The maximum absolute atomic E-state index is 5.73. The monoisotopic (exact) mass is 402 g/mol. The van der Waals surface area contributed by atoms with Gasteiger partial charge in [-0.2, -0.15) is 0 Å². The lowest BCUT2D eigenvalue weighted by Gasteiger charge is -2.28. The molecule has 0 radical (unpaired) electrons. The topological polar surface area (TPSA) is 9.23 Å². The summed E-state index contributed by atoms with van der Waals surface area (Å²) in [5.41, 5.74) is 5.35. The first-order valence-electron chi connectivity index (χ1n) is 11.8. The number of benzene rings is 2. The van der Waals surface area contributed by atoms with E-state index >= 15 is 0 Å². The molecule has 1 aliphatic rings. The van der Waals surface area contributed by atoms with Gasteiger partial charge >= 0.3 is 0 Å². The van der Waals surface area contributed by atoms with Gasteiger partial charge in [0.25, 0.3) is 0 Å². The molecule has 0 spiro atoms.